The van der Waals surface area contributed by atoms with Gasteiger partial charge in [-0.15, -0.1) is 0 Å². The lowest BCUT2D eigenvalue weighted by Crippen LogP contribution is -2.48. The zero-order valence-corrected chi connectivity index (χ0v) is 13.0. The molecule has 116 valence electrons. The summed E-state index contributed by atoms with van der Waals surface area (Å²) in [6.45, 7) is 10.2. The van der Waals surface area contributed by atoms with E-state index >= 15 is 0 Å². The van der Waals surface area contributed by atoms with Crippen LogP contribution in [0.25, 0.3) is 0 Å². The average molecular weight is 291 g/mol. The van der Waals surface area contributed by atoms with Gasteiger partial charge in [0.15, 0.2) is 0 Å². The van der Waals surface area contributed by atoms with E-state index in [9.17, 15) is 4.79 Å². The highest BCUT2D eigenvalue weighted by molar-refractivity contribution is 5.93. The zero-order valence-electron chi connectivity index (χ0n) is 13.0. The molecule has 1 aliphatic heterocycles. The smallest absolute Gasteiger partial charge is 0.238 e. The van der Waals surface area contributed by atoms with Gasteiger partial charge in [-0.05, 0) is 25.6 Å². The van der Waals surface area contributed by atoms with Crippen molar-refractivity contribution in [3.8, 4) is 5.75 Å². The van der Waals surface area contributed by atoms with Gasteiger partial charge in [-0.3, -0.25) is 9.69 Å². The van der Waals surface area contributed by atoms with Gasteiger partial charge in [0.2, 0.25) is 5.91 Å². The molecule has 5 nitrogen and oxygen atoms in total. The van der Waals surface area contributed by atoms with E-state index < -0.39 is 0 Å². The Kier molecular flexibility index (Phi) is 6.02. The quantitative estimate of drug-likeness (QED) is 0.866. The molecular formula is C16H25N3O2. The zero-order chi connectivity index (χ0) is 15.1. The summed E-state index contributed by atoms with van der Waals surface area (Å²) in [5, 5.41) is 2.95. The Bertz CT molecular complexity index is 457. The van der Waals surface area contributed by atoms with Crippen molar-refractivity contribution >= 4 is 11.6 Å². The largest absolute Gasteiger partial charge is 0.492 e. The van der Waals surface area contributed by atoms with Crippen LogP contribution in [-0.4, -0.2) is 61.6 Å². The lowest BCUT2D eigenvalue weighted by Gasteiger charge is -2.33. The minimum absolute atomic E-state index is 0.0205. The molecule has 1 aliphatic rings. The molecule has 1 amide bonds. The van der Waals surface area contributed by atoms with Crippen molar-refractivity contribution in [1.82, 2.24) is 9.80 Å². The molecule has 0 bridgehead atoms. The molecule has 1 aromatic carbocycles. The molecule has 0 saturated carbocycles. The van der Waals surface area contributed by atoms with Crippen LogP contribution in [0.4, 0.5) is 5.69 Å². The Balaban J connectivity index is 1.85. The number of carbonyl (C=O) groups excluding carboxylic acids is 1. The number of hydrogen-bond donors (Lipinski definition) is 1. The van der Waals surface area contributed by atoms with Gasteiger partial charge < -0.3 is 15.0 Å². The van der Waals surface area contributed by atoms with Crippen molar-refractivity contribution in [1.29, 1.82) is 0 Å². The molecule has 0 aromatic heterocycles. The average Bonchev–Trinajstić information content (AvgIpc) is 2.50. The van der Waals surface area contributed by atoms with Gasteiger partial charge in [0.05, 0.1) is 18.8 Å². The van der Waals surface area contributed by atoms with Crippen LogP contribution in [0.2, 0.25) is 0 Å². The lowest BCUT2D eigenvalue weighted by molar-refractivity contribution is -0.117. The molecule has 2 rings (SSSR count). The molecule has 1 fully saturated rings. The van der Waals surface area contributed by atoms with Gasteiger partial charge in [-0.2, -0.15) is 0 Å². The molecular weight excluding hydrogens is 266 g/mol. The Hall–Kier alpha value is -1.59. The number of carbonyl (C=O) groups is 1. The number of nitrogens with zero attached hydrogens (tertiary/aromatic N) is 2. The van der Waals surface area contributed by atoms with E-state index in [2.05, 4.69) is 22.0 Å². The predicted molar refractivity (Wildman–Crippen MR) is 84.8 cm³/mol. The fourth-order valence-electron chi connectivity index (χ4n) is 2.51. The van der Waals surface area contributed by atoms with E-state index in [0.29, 0.717) is 13.2 Å². The molecule has 1 heterocycles. The van der Waals surface area contributed by atoms with Gasteiger partial charge in [0.1, 0.15) is 5.75 Å². The number of likely N-dealkylation sites (N-methyl/N-ethyl adjacent to an activating group) is 1. The second-order valence-electron chi connectivity index (χ2n) is 5.19. The van der Waals surface area contributed by atoms with Crippen LogP contribution >= 0.6 is 0 Å². The first-order chi connectivity index (χ1) is 10.2. The maximum atomic E-state index is 12.2. The number of anilines is 1. The van der Waals surface area contributed by atoms with E-state index in [1.54, 1.807) is 0 Å². The highest BCUT2D eigenvalue weighted by Gasteiger charge is 2.18. The fourth-order valence-corrected chi connectivity index (χ4v) is 2.51. The maximum Gasteiger partial charge on any atom is 0.238 e. The van der Waals surface area contributed by atoms with Crippen molar-refractivity contribution < 1.29 is 9.53 Å². The first-order valence-electron chi connectivity index (χ1n) is 7.69. The molecule has 0 aliphatic carbocycles. The lowest BCUT2D eigenvalue weighted by atomic mass is 10.2. The third kappa shape index (κ3) is 4.72. The minimum Gasteiger partial charge on any atom is -0.492 e. The summed E-state index contributed by atoms with van der Waals surface area (Å²) >= 11 is 0. The summed E-state index contributed by atoms with van der Waals surface area (Å²) in [6, 6.07) is 7.56. The molecule has 1 saturated heterocycles. The van der Waals surface area contributed by atoms with E-state index in [0.717, 1.165) is 44.2 Å². The van der Waals surface area contributed by atoms with Gasteiger partial charge in [0.25, 0.3) is 0 Å². The molecule has 21 heavy (non-hydrogen) atoms. The summed E-state index contributed by atoms with van der Waals surface area (Å²) in [5.41, 5.74) is 0.747. The summed E-state index contributed by atoms with van der Waals surface area (Å²) in [5.74, 6) is 0.747. The summed E-state index contributed by atoms with van der Waals surface area (Å²) in [4.78, 5) is 16.8. The van der Waals surface area contributed by atoms with E-state index in [-0.39, 0.29) is 5.91 Å². The number of ether oxygens (including phenoxy) is 1. The van der Waals surface area contributed by atoms with Crippen LogP contribution < -0.4 is 10.1 Å². The third-order valence-electron chi connectivity index (χ3n) is 3.74. The Morgan fingerprint density at radius 1 is 1.14 bits per heavy atom. The van der Waals surface area contributed by atoms with Crippen molar-refractivity contribution in [3.05, 3.63) is 24.3 Å². The van der Waals surface area contributed by atoms with Crippen LogP contribution in [0, 0.1) is 0 Å². The van der Waals surface area contributed by atoms with Crippen molar-refractivity contribution in [2.75, 3.05) is 51.2 Å². The number of piperazine rings is 1. The number of hydrogen-bond acceptors (Lipinski definition) is 4. The third-order valence-corrected chi connectivity index (χ3v) is 3.74. The monoisotopic (exact) mass is 291 g/mol. The van der Waals surface area contributed by atoms with Gasteiger partial charge in [0, 0.05) is 26.2 Å². The predicted octanol–water partition coefficient (Wildman–Crippen LogP) is 1.66. The summed E-state index contributed by atoms with van der Waals surface area (Å²) < 4.78 is 5.52. The second kappa shape index (κ2) is 8.00. The molecule has 0 unspecified atom stereocenters. The highest BCUT2D eigenvalue weighted by atomic mass is 16.5. The van der Waals surface area contributed by atoms with E-state index in [1.807, 2.05) is 31.2 Å². The van der Waals surface area contributed by atoms with Crippen LogP contribution in [0.1, 0.15) is 13.8 Å². The Morgan fingerprint density at radius 3 is 2.48 bits per heavy atom. The normalized spacial score (nSPS) is 16.7. The summed E-state index contributed by atoms with van der Waals surface area (Å²) in [6.07, 6.45) is 0. The van der Waals surface area contributed by atoms with Crippen LogP contribution in [0.5, 0.6) is 5.75 Å². The highest BCUT2D eigenvalue weighted by Crippen LogP contribution is 2.23. The first kappa shape index (κ1) is 15.8. The number of nitrogens with one attached hydrogen (secondary N) is 1. The maximum absolute atomic E-state index is 12.2. The summed E-state index contributed by atoms with van der Waals surface area (Å²) in [7, 11) is 0. The topological polar surface area (TPSA) is 44.8 Å². The Morgan fingerprint density at radius 2 is 1.81 bits per heavy atom. The minimum atomic E-state index is 0.0205. The second-order valence-corrected chi connectivity index (χ2v) is 5.19. The standard InChI is InChI=1S/C16H25N3O2/c1-3-18-9-11-19(12-10-18)13-16(20)17-14-7-5-6-8-15(14)21-4-2/h5-8H,3-4,9-13H2,1-2H3,(H,17,20). The molecule has 0 atom stereocenters. The van der Waals surface area contributed by atoms with Crippen LogP contribution in [0.15, 0.2) is 24.3 Å². The van der Waals surface area contributed by atoms with Crippen LogP contribution in [0.3, 0.4) is 0 Å². The molecule has 0 spiro atoms. The van der Waals surface area contributed by atoms with Gasteiger partial charge in [-0.25, -0.2) is 0 Å². The Labute approximate surface area is 126 Å². The van der Waals surface area contributed by atoms with Gasteiger partial charge >= 0.3 is 0 Å². The first-order valence-corrected chi connectivity index (χ1v) is 7.69. The van der Waals surface area contributed by atoms with Crippen molar-refractivity contribution in [2.24, 2.45) is 0 Å². The van der Waals surface area contributed by atoms with Crippen LogP contribution in [-0.2, 0) is 4.79 Å². The van der Waals surface area contributed by atoms with E-state index in [4.69, 9.17) is 4.74 Å². The molecule has 5 heteroatoms. The number of rotatable bonds is 6. The fraction of sp³-hybridized carbons (Fsp3) is 0.562. The van der Waals surface area contributed by atoms with Crippen molar-refractivity contribution in [2.45, 2.75) is 13.8 Å². The number of para-hydroxylation sites is 2. The van der Waals surface area contributed by atoms with Gasteiger partial charge in [-0.1, -0.05) is 19.1 Å². The van der Waals surface area contributed by atoms with E-state index in [1.165, 1.54) is 0 Å². The number of amides is 1. The molecule has 1 N–H and O–H groups in total. The SMILES string of the molecule is CCOc1ccccc1NC(=O)CN1CCN(CC)CC1. The molecule has 0 radical (unpaired) electrons. The number of benzene rings is 1. The van der Waals surface area contributed by atoms with Crippen molar-refractivity contribution in [3.63, 3.8) is 0 Å². The molecule has 1 aromatic rings.